The highest BCUT2D eigenvalue weighted by Crippen LogP contribution is 2.23. The van der Waals surface area contributed by atoms with Crippen LogP contribution in [0.1, 0.15) is 29.7 Å². The molecule has 5 nitrogen and oxygen atoms in total. The van der Waals surface area contributed by atoms with Gasteiger partial charge < -0.3 is 9.30 Å². The molecule has 0 aliphatic carbocycles. The van der Waals surface area contributed by atoms with Crippen LogP contribution in [-0.2, 0) is 9.53 Å². The fourth-order valence-electron chi connectivity index (χ4n) is 2.73. The van der Waals surface area contributed by atoms with E-state index in [1.54, 1.807) is 28.8 Å². The van der Waals surface area contributed by atoms with E-state index in [9.17, 15) is 9.59 Å². The van der Waals surface area contributed by atoms with Crippen molar-refractivity contribution in [2.24, 2.45) is 4.99 Å². The zero-order chi connectivity index (χ0) is 18.7. The molecule has 0 saturated heterocycles. The second-order valence-electron chi connectivity index (χ2n) is 5.60. The quantitative estimate of drug-likeness (QED) is 0.628. The van der Waals surface area contributed by atoms with Crippen LogP contribution in [0.3, 0.4) is 0 Å². The van der Waals surface area contributed by atoms with Crippen LogP contribution < -0.4 is 4.80 Å². The zero-order valence-electron chi connectivity index (χ0n) is 14.3. The number of para-hydroxylation sites is 1. The van der Waals surface area contributed by atoms with E-state index < -0.39 is 11.9 Å². The molecule has 1 heterocycles. The summed E-state index contributed by atoms with van der Waals surface area (Å²) in [5.74, 6) is -0.778. The lowest BCUT2D eigenvalue weighted by molar-refractivity contribution is -0.144. The van der Waals surface area contributed by atoms with Gasteiger partial charge in [-0.2, -0.15) is 4.99 Å². The number of halogens is 1. The molecule has 1 aromatic heterocycles. The average Bonchev–Trinajstić information content (AvgIpc) is 3.00. The molecular formula is C19H17ClN2O3S. The molecule has 0 saturated carbocycles. The highest BCUT2D eigenvalue weighted by molar-refractivity contribution is 7.16. The van der Waals surface area contributed by atoms with E-state index in [-0.39, 0.29) is 5.97 Å². The number of carbonyl (C=O) groups excluding carboxylic acids is 2. The van der Waals surface area contributed by atoms with E-state index >= 15 is 0 Å². The second-order valence-corrected chi connectivity index (χ2v) is 7.04. The zero-order valence-corrected chi connectivity index (χ0v) is 15.9. The predicted molar refractivity (Wildman–Crippen MR) is 103 cm³/mol. The van der Waals surface area contributed by atoms with Gasteiger partial charge >= 0.3 is 5.97 Å². The third-order valence-corrected chi connectivity index (χ3v) is 5.24. The molecule has 0 bridgehead atoms. The van der Waals surface area contributed by atoms with Crippen molar-refractivity contribution in [3.8, 4) is 0 Å². The van der Waals surface area contributed by atoms with E-state index in [1.807, 2.05) is 31.2 Å². The second kappa shape index (κ2) is 7.85. The van der Waals surface area contributed by atoms with Crippen LogP contribution in [0.5, 0.6) is 0 Å². The lowest BCUT2D eigenvalue weighted by atomic mass is 10.2. The van der Waals surface area contributed by atoms with Gasteiger partial charge in [-0.05, 0) is 36.8 Å². The molecule has 134 valence electrons. The van der Waals surface area contributed by atoms with Crippen molar-refractivity contribution in [1.82, 2.24) is 4.57 Å². The number of nitrogens with zero attached hydrogens (tertiary/aromatic N) is 2. The molecule has 1 amide bonds. The molecule has 7 heteroatoms. The van der Waals surface area contributed by atoms with Crippen LogP contribution in [0.25, 0.3) is 10.2 Å². The van der Waals surface area contributed by atoms with Crippen LogP contribution in [0, 0.1) is 0 Å². The molecule has 2 aromatic carbocycles. The maximum absolute atomic E-state index is 12.6. The minimum absolute atomic E-state index is 0.368. The van der Waals surface area contributed by atoms with Crippen LogP contribution in [0.15, 0.2) is 53.5 Å². The fourth-order valence-corrected chi connectivity index (χ4v) is 3.99. The molecule has 0 radical (unpaired) electrons. The number of hydrogen-bond donors (Lipinski definition) is 0. The summed E-state index contributed by atoms with van der Waals surface area (Å²) in [6, 6.07) is 13.7. The van der Waals surface area contributed by atoms with Crippen molar-refractivity contribution < 1.29 is 14.3 Å². The summed E-state index contributed by atoms with van der Waals surface area (Å²) < 4.78 is 7.65. The van der Waals surface area contributed by atoms with Crippen LogP contribution in [0.2, 0.25) is 5.02 Å². The number of carbonyl (C=O) groups is 2. The summed E-state index contributed by atoms with van der Waals surface area (Å²) >= 11 is 7.32. The number of rotatable bonds is 4. The molecular weight excluding hydrogens is 372 g/mol. The molecule has 0 N–H and O–H groups in total. The van der Waals surface area contributed by atoms with Gasteiger partial charge in [0.1, 0.15) is 6.04 Å². The average molecular weight is 389 g/mol. The highest BCUT2D eigenvalue weighted by atomic mass is 35.5. The number of ether oxygens (including phenoxy) is 1. The Kier molecular flexibility index (Phi) is 5.54. The topological polar surface area (TPSA) is 60.7 Å². The lowest BCUT2D eigenvalue weighted by Crippen LogP contribution is -2.28. The van der Waals surface area contributed by atoms with Crippen LogP contribution >= 0.6 is 22.9 Å². The minimum atomic E-state index is -0.554. The van der Waals surface area contributed by atoms with Crippen molar-refractivity contribution in [2.75, 3.05) is 7.11 Å². The molecule has 0 spiro atoms. The summed E-state index contributed by atoms with van der Waals surface area (Å²) in [5.41, 5.74) is 1.24. The Bertz CT molecular complexity index is 1040. The van der Waals surface area contributed by atoms with Gasteiger partial charge in [-0.15, -0.1) is 0 Å². The predicted octanol–water partition coefficient (Wildman–Crippen LogP) is 4.22. The summed E-state index contributed by atoms with van der Waals surface area (Å²) in [5, 5.41) is 0.469. The van der Waals surface area contributed by atoms with Gasteiger partial charge in [-0.3, -0.25) is 4.79 Å². The first kappa shape index (κ1) is 18.4. The third kappa shape index (κ3) is 3.57. The first-order valence-electron chi connectivity index (χ1n) is 8.07. The van der Waals surface area contributed by atoms with Crippen molar-refractivity contribution in [3.05, 3.63) is 63.9 Å². The number of hydrogen-bond acceptors (Lipinski definition) is 4. The van der Waals surface area contributed by atoms with Crippen molar-refractivity contribution >= 4 is 45.0 Å². The normalized spacial score (nSPS) is 13.0. The number of fused-ring (bicyclic) bond motifs is 1. The Morgan fingerprint density at radius 3 is 2.69 bits per heavy atom. The van der Waals surface area contributed by atoms with Crippen molar-refractivity contribution in [3.63, 3.8) is 0 Å². The summed E-state index contributed by atoms with van der Waals surface area (Å²) in [7, 11) is 1.36. The van der Waals surface area contributed by atoms with Gasteiger partial charge in [-0.25, -0.2) is 4.79 Å². The number of aromatic nitrogens is 1. The standard InChI is InChI=1S/C19H17ClN2O3S/c1-3-14(18(24)25-2)22-15-9-4-5-10-16(15)26-19(22)21-17(23)12-7-6-8-13(20)11-12/h4-11,14H,3H2,1-2H3. The third-order valence-electron chi connectivity index (χ3n) is 3.97. The van der Waals surface area contributed by atoms with Gasteiger partial charge in [0.15, 0.2) is 4.80 Å². The molecule has 26 heavy (non-hydrogen) atoms. The monoisotopic (exact) mass is 388 g/mol. The van der Waals surface area contributed by atoms with Gasteiger partial charge in [0.05, 0.1) is 17.3 Å². The van der Waals surface area contributed by atoms with E-state index in [0.717, 1.165) is 10.2 Å². The Morgan fingerprint density at radius 1 is 1.23 bits per heavy atom. The van der Waals surface area contributed by atoms with Gasteiger partial charge in [0, 0.05) is 10.6 Å². The van der Waals surface area contributed by atoms with Gasteiger partial charge in [0.2, 0.25) is 0 Å². The molecule has 0 fully saturated rings. The minimum Gasteiger partial charge on any atom is -0.467 e. The number of methoxy groups -OCH3 is 1. The number of esters is 1. The van der Waals surface area contributed by atoms with Gasteiger partial charge in [-0.1, -0.05) is 48.1 Å². The summed E-state index contributed by atoms with van der Waals surface area (Å²) in [6.07, 6.45) is 0.520. The SMILES string of the molecule is CCC(C(=O)OC)n1c(=NC(=O)c2cccc(Cl)c2)sc2ccccc21. The van der Waals surface area contributed by atoms with Crippen molar-refractivity contribution in [2.45, 2.75) is 19.4 Å². The van der Waals surface area contributed by atoms with Gasteiger partial charge in [0.25, 0.3) is 5.91 Å². The maximum Gasteiger partial charge on any atom is 0.328 e. The van der Waals surface area contributed by atoms with Crippen LogP contribution in [-0.4, -0.2) is 23.6 Å². The number of amides is 1. The van der Waals surface area contributed by atoms with Crippen molar-refractivity contribution in [1.29, 1.82) is 0 Å². The lowest BCUT2D eigenvalue weighted by Gasteiger charge is -2.15. The Hall–Kier alpha value is -2.44. The largest absolute Gasteiger partial charge is 0.467 e. The van der Waals surface area contributed by atoms with E-state index in [2.05, 4.69) is 4.99 Å². The Morgan fingerprint density at radius 2 is 2.00 bits per heavy atom. The first-order valence-corrected chi connectivity index (χ1v) is 9.27. The summed E-state index contributed by atoms with van der Waals surface area (Å²) in [6.45, 7) is 1.89. The summed E-state index contributed by atoms with van der Waals surface area (Å²) in [4.78, 5) is 29.6. The van der Waals surface area contributed by atoms with E-state index in [0.29, 0.717) is 21.8 Å². The highest BCUT2D eigenvalue weighted by Gasteiger charge is 2.23. The molecule has 0 aliphatic rings. The van der Waals surface area contributed by atoms with E-state index in [1.165, 1.54) is 18.4 Å². The smallest absolute Gasteiger partial charge is 0.328 e. The van der Waals surface area contributed by atoms with Crippen LogP contribution in [0.4, 0.5) is 0 Å². The Labute approximate surface area is 159 Å². The Balaban J connectivity index is 2.20. The molecule has 3 aromatic rings. The molecule has 3 rings (SSSR count). The van der Waals surface area contributed by atoms with E-state index in [4.69, 9.17) is 16.3 Å². The molecule has 0 aliphatic heterocycles. The maximum atomic E-state index is 12.6. The number of benzene rings is 2. The molecule has 1 atom stereocenters. The number of thiazole rings is 1. The first-order chi connectivity index (χ1) is 12.5. The molecule has 1 unspecified atom stereocenters. The fraction of sp³-hybridized carbons (Fsp3) is 0.211.